The number of halogens is 1. The molecule has 0 spiro atoms. The fraction of sp³-hybridized carbons (Fsp3) is 0.368. The van der Waals surface area contributed by atoms with Crippen molar-refractivity contribution in [3.05, 3.63) is 71.3 Å². The molecule has 0 saturated heterocycles. The minimum atomic E-state index is 0.191. The van der Waals surface area contributed by atoms with E-state index in [-0.39, 0.29) is 5.38 Å². The first-order valence-corrected chi connectivity index (χ1v) is 8.27. The van der Waals surface area contributed by atoms with E-state index in [1.165, 1.54) is 29.5 Å². The SMILES string of the molecule is ClC1Cc2ccccc2C1NCCCCc1ccccc1. The van der Waals surface area contributed by atoms with Gasteiger partial charge in [-0.1, -0.05) is 54.6 Å². The van der Waals surface area contributed by atoms with Gasteiger partial charge in [-0.3, -0.25) is 0 Å². The van der Waals surface area contributed by atoms with E-state index in [9.17, 15) is 0 Å². The average Bonchev–Trinajstić information content (AvgIpc) is 2.84. The van der Waals surface area contributed by atoms with E-state index in [1.807, 2.05) is 0 Å². The molecule has 0 aliphatic heterocycles. The van der Waals surface area contributed by atoms with Crippen LogP contribution in [0.3, 0.4) is 0 Å². The lowest BCUT2D eigenvalue weighted by atomic mass is 10.1. The number of benzene rings is 2. The van der Waals surface area contributed by atoms with Crippen molar-refractivity contribution in [2.75, 3.05) is 6.54 Å². The van der Waals surface area contributed by atoms with E-state index >= 15 is 0 Å². The van der Waals surface area contributed by atoms with Gasteiger partial charge in [-0.2, -0.15) is 0 Å². The Morgan fingerprint density at radius 1 is 0.952 bits per heavy atom. The van der Waals surface area contributed by atoms with Crippen LogP contribution >= 0.6 is 11.6 Å². The standard InChI is InChI=1S/C19H22ClN/c20-18-14-16-11-4-5-12-17(16)19(18)21-13-7-6-10-15-8-2-1-3-9-15/h1-5,8-9,11-12,18-19,21H,6-7,10,13-14H2. The van der Waals surface area contributed by atoms with Crippen molar-refractivity contribution in [1.29, 1.82) is 0 Å². The fourth-order valence-corrected chi connectivity index (χ4v) is 3.53. The van der Waals surface area contributed by atoms with Crippen LogP contribution in [0.4, 0.5) is 0 Å². The van der Waals surface area contributed by atoms with E-state index in [0.29, 0.717) is 6.04 Å². The molecule has 2 aromatic carbocycles. The number of aryl methyl sites for hydroxylation is 1. The first-order valence-electron chi connectivity index (χ1n) is 7.84. The second-order valence-electron chi connectivity index (χ2n) is 5.79. The zero-order valence-electron chi connectivity index (χ0n) is 12.3. The smallest absolute Gasteiger partial charge is 0.0571 e. The second kappa shape index (κ2) is 7.11. The third kappa shape index (κ3) is 3.66. The van der Waals surface area contributed by atoms with E-state index in [4.69, 9.17) is 11.6 Å². The van der Waals surface area contributed by atoms with Crippen LogP contribution in [0, 0.1) is 0 Å². The summed E-state index contributed by atoms with van der Waals surface area (Å²) in [6.07, 6.45) is 4.56. The van der Waals surface area contributed by atoms with Crippen LogP contribution in [-0.4, -0.2) is 11.9 Å². The molecule has 21 heavy (non-hydrogen) atoms. The molecule has 2 heteroatoms. The van der Waals surface area contributed by atoms with Crippen LogP contribution < -0.4 is 5.32 Å². The van der Waals surface area contributed by atoms with E-state index in [1.54, 1.807) is 0 Å². The van der Waals surface area contributed by atoms with Crippen molar-refractivity contribution in [3.63, 3.8) is 0 Å². The van der Waals surface area contributed by atoms with Gasteiger partial charge < -0.3 is 5.32 Å². The first-order chi connectivity index (χ1) is 10.3. The predicted molar refractivity (Wildman–Crippen MR) is 89.9 cm³/mol. The molecule has 0 heterocycles. The summed E-state index contributed by atoms with van der Waals surface area (Å²) in [4.78, 5) is 0. The molecule has 3 rings (SSSR count). The molecule has 110 valence electrons. The molecular formula is C19H22ClN. The molecule has 1 aliphatic rings. The quantitative estimate of drug-likeness (QED) is 0.611. The predicted octanol–water partition coefficient (Wildman–Crippen LogP) is 4.50. The molecule has 0 aromatic heterocycles. The second-order valence-corrected chi connectivity index (χ2v) is 6.35. The number of alkyl halides is 1. The topological polar surface area (TPSA) is 12.0 Å². The lowest BCUT2D eigenvalue weighted by Gasteiger charge is -2.17. The Hall–Kier alpha value is -1.31. The number of unbranched alkanes of at least 4 members (excludes halogenated alkanes) is 1. The molecule has 2 aromatic rings. The molecule has 2 atom stereocenters. The normalized spacial score (nSPS) is 20.4. The van der Waals surface area contributed by atoms with Crippen molar-refractivity contribution in [3.8, 4) is 0 Å². The maximum absolute atomic E-state index is 6.49. The van der Waals surface area contributed by atoms with E-state index in [0.717, 1.165) is 19.4 Å². The van der Waals surface area contributed by atoms with Gasteiger partial charge >= 0.3 is 0 Å². The number of rotatable bonds is 6. The van der Waals surface area contributed by atoms with Gasteiger partial charge in [0.2, 0.25) is 0 Å². The number of hydrogen-bond donors (Lipinski definition) is 1. The van der Waals surface area contributed by atoms with Crippen LogP contribution in [0.5, 0.6) is 0 Å². The van der Waals surface area contributed by atoms with Gasteiger partial charge in [0.15, 0.2) is 0 Å². The van der Waals surface area contributed by atoms with Gasteiger partial charge in [-0.05, 0) is 48.9 Å². The van der Waals surface area contributed by atoms with Crippen LogP contribution in [-0.2, 0) is 12.8 Å². The summed E-state index contributed by atoms with van der Waals surface area (Å²) in [7, 11) is 0. The van der Waals surface area contributed by atoms with Crippen LogP contribution in [0.2, 0.25) is 0 Å². The lowest BCUT2D eigenvalue weighted by molar-refractivity contribution is 0.517. The molecule has 0 amide bonds. The third-order valence-electron chi connectivity index (χ3n) is 4.27. The summed E-state index contributed by atoms with van der Waals surface area (Å²) < 4.78 is 0. The van der Waals surface area contributed by atoms with Crippen LogP contribution in [0.25, 0.3) is 0 Å². The van der Waals surface area contributed by atoms with Gasteiger partial charge in [0.1, 0.15) is 0 Å². The maximum atomic E-state index is 6.49. The van der Waals surface area contributed by atoms with Gasteiger partial charge in [0.25, 0.3) is 0 Å². The Morgan fingerprint density at radius 3 is 2.57 bits per heavy atom. The van der Waals surface area contributed by atoms with Gasteiger partial charge in [0, 0.05) is 6.04 Å². The highest BCUT2D eigenvalue weighted by Crippen LogP contribution is 2.34. The average molecular weight is 300 g/mol. The Morgan fingerprint density at radius 2 is 1.71 bits per heavy atom. The third-order valence-corrected chi connectivity index (χ3v) is 4.67. The number of fused-ring (bicyclic) bond motifs is 1. The van der Waals surface area contributed by atoms with Crippen LogP contribution in [0.1, 0.15) is 35.6 Å². The highest BCUT2D eigenvalue weighted by Gasteiger charge is 2.29. The molecule has 0 saturated carbocycles. The molecule has 0 fully saturated rings. The summed E-state index contributed by atoms with van der Waals surface area (Å²) in [6, 6.07) is 19.6. The molecule has 1 nitrogen and oxygen atoms in total. The van der Waals surface area contributed by atoms with Gasteiger partial charge in [-0.15, -0.1) is 11.6 Å². The Kier molecular flexibility index (Phi) is 4.95. The Balaban J connectivity index is 1.44. The first kappa shape index (κ1) is 14.6. The summed E-state index contributed by atoms with van der Waals surface area (Å²) >= 11 is 6.49. The highest BCUT2D eigenvalue weighted by atomic mass is 35.5. The molecule has 1 aliphatic carbocycles. The summed E-state index contributed by atoms with van der Waals surface area (Å²) in [5.41, 5.74) is 4.22. The monoisotopic (exact) mass is 299 g/mol. The Bertz CT molecular complexity index is 567. The molecule has 0 radical (unpaired) electrons. The summed E-state index contributed by atoms with van der Waals surface area (Å²) in [5.74, 6) is 0. The summed E-state index contributed by atoms with van der Waals surface area (Å²) in [6.45, 7) is 1.04. The number of hydrogen-bond acceptors (Lipinski definition) is 1. The molecule has 0 bridgehead atoms. The largest absolute Gasteiger partial charge is 0.309 e. The maximum Gasteiger partial charge on any atom is 0.0571 e. The molecular weight excluding hydrogens is 278 g/mol. The molecule has 2 unspecified atom stereocenters. The van der Waals surface area contributed by atoms with Crippen LogP contribution in [0.15, 0.2) is 54.6 Å². The number of nitrogens with one attached hydrogen (secondary N) is 1. The minimum Gasteiger partial charge on any atom is -0.309 e. The zero-order valence-corrected chi connectivity index (χ0v) is 13.0. The lowest BCUT2D eigenvalue weighted by Crippen LogP contribution is -2.26. The minimum absolute atomic E-state index is 0.191. The molecule has 1 N–H and O–H groups in total. The van der Waals surface area contributed by atoms with Crippen molar-refractivity contribution in [2.45, 2.75) is 37.1 Å². The summed E-state index contributed by atoms with van der Waals surface area (Å²) in [5, 5.41) is 3.83. The van der Waals surface area contributed by atoms with Crippen molar-refractivity contribution in [1.82, 2.24) is 5.32 Å². The zero-order chi connectivity index (χ0) is 14.5. The van der Waals surface area contributed by atoms with Crippen molar-refractivity contribution >= 4 is 11.6 Å². The fourth-order valence-electron chi connectivity index (χ4n) is 3.14. The van der Waals surface area contributed by atoms with Gasteiger partial charge in [-0.25, -0.2) is 0 Å². The van der Waals surface area contributed by atoms with E-state index in [2.05, 4.69) is 59.9 Å². The van der Waals surface area contributed by atoms with Crippen molar-refractivity contribution in [2.24, 2.45) is 0 Å². The van der Waals surface area contributed by atoms with Gasteiger partial charge in [0.05, 0.1) is 5.38 Å². The van der Waals surface area contributed by atoms with Crippen molar-refractivity contribution < 1.29 is 0 Å². The highest BCUT2D eigenvalue weighted by molar-refractivity contribution is 6.21. The Labute approximate surface area is 132 Å². The van der Waals surface area contributed by atoms with E-state index < -0.39 is 0 Å².